The molecule has 35 heavy (non-hydrogen) atoms. The minimum absolute atomic E-state index is 0.0245. The second-order valence-corrected chi connectivity index (χ2v) is 12.3. The number of carbonyl (C=O) groups excluding carboxylic acids is 2. The Balaban J connectivity index is 1.42. The van der Waals surface area contributed by atoms with Crippen LogP contribution in [0.3, 0.4) is 0 Å². The normalized spacial score (nSPS) is 46.9. The van der Waals surface area contributed by atoms with E-state index in [4.69, 9.17) is 22.0 Å². The molecule has 0 bridgehead atoms. The molecule has 5 rings (SSSR count). The molecule has 0 radical (unpaired) electrons. The first kappa shape index (κ1) is 25.0. The van der Waals surface area contributed by atoms with Gasteiger partial charge in [-0.15, -0.1) is 0 Å². The molecule has 0 aromatic carbocycles. The maximum absolute atomic E-state index is 17.2. The summed E-state index contributed by atoms with van der Waals surface area (Å²) in [7, 11) is 0. The Hall–Kier alpha value is -1.67. The number of thiocarbonyl (C=S) groups is 1. The van der Waals surface area contributed by atoms with Gasteiger partial charge in [-0.1, -0.05) is 32.8 Å². The van der Waals surface area contributed by atoms with Crippen LogP contribution in [0.4, 0.5) is 8.78 Å². The van der Waals surface area contributed by atoms with Crippen molar-refractivity contribution in [3.8, 4) is 0 Å². The van der Waals surface area contributed by atoms with Gasteiger partial charge in [0, 0.05) is 17.3 Å². The molecule has 0 saturated heterocycles. The lowest BCUT2D eigenvalue weighted by molar-refractivity contribution is -0.231. The first-order valence-corrected chi connectivity index (χ1v) is 13.2. The number of alkyl halides is 2. The van der Waals surface area contributed by atoms with Crippen molar-refractivity contribution in [2.24, 2.45) is 40.4 Å². The highest BCUT2D eigenvalue weighted by molar-refractivity contribution is 7.80. The van der Waals surface area contributed by atoms with Crippen molar-refractivity contribution >= 4 is 29.0 Å². The number of aliphatic hydroxyl groups is 1. The summed E-state index contributed by atoms with van der Waals surface area (Å²) in [4.78, 5) is 34.8. The molecular formula is C27H34F2O5S. The molecule has 0 aliphatic heterocycles. The minimum atomic E-state index is -2.12. The maximum atomic E-state index is 17.2. The van der Waals surface area contributed by atoms with E-state index in [0.29, 0.717) is 6.42 Å². The van der Waals surface area contributed by atoms with E-state index in [1.54, 1.807) is 6.92 Å². The molecule has 5 aliphatic rings. The highest BCUT2D eigenvalue weighted by Crippen LogP contribution is 2.70. The molecule has 5 nitrogen and oxygen atoms in total. The van der Waals surface area contributed by atoms with Crippen molar-refractivity contribution in [1.29, 1.82) is 0 Å². The van der Waals surface area contributed by atoms with Crippen LogP contribution in [-0.4, -0.2) is 39.9 Å². The van der Waals surface area contributed by atoms with Gasteiger partial charge in [-0.05, 0) is 86.2 Å². The first-order valence-electron chi connectivity index (χ1n) is 12.8. The van der Waals surface area contributed by atoms with Crippen LogP contribution in [0, 0.1) is 40.4 Å². The molecule has 4 fully saturated rings. The van der Waals surface area contributed by atoms with Crippen molar-refractivity contribution in [3.63, 3.8) is 0 Å². The van der Waals surface area contributed by atoms with Crippen molar-refractivity contribution in [2.75, 3.05) is 0 Å². The zero-order valence-electron chi connectivity index (χ0n) is 20.5. The molecule has 0 amide bonds. The van der Waals surface area contributed by atoms with Gasteiger partial charge in [0.2, 0.25) is 5.05 Å². The van der Waals surface area contributed by atoms with E-state index in [1.165, 1.54) is 18.2 Å². The molecule has 0 spiro atoms. The summed E-state index contributed by atoms with van der Waals surface area (Å²) in [6.07, 6.45) is 5.21. The highest BCUT2D eigenvalue weighted by Gasteiger charge is 2.73. The van der Waals surface area contributed by atoms with Gasteiger partial charge in [-0.2, -0.15) is 0 Å². The zero-order valence-corrected chi connectivity index (χ0v) is 21.3. The fourth-order valence-corrected chi connectivity index (χ4v) is 8.97. The number of hydrogen-bond acceptors (Lipinski definition) is 6. The predicted molar refractivity (Wildman–Crippen MR) is 128 cm³/mol. The number of fused-ring (bicyclic) bond motifs is 5. The third kappa shape index (κ3) is 3.49. The van der Waals surface area contributed by atoms with Gasteiger partial charge < -0.3 is 5.11 Å². The standard InChI is InChI=1S/C27H34F2O5S/c1-14-10-17-18-12-20(28)19-11-16(30)8-9-26(19,3)27(18,29)21(31)13-25(17,2)22(14)24(35)34-33-23(32)15-6-4-5-7-15/h8-9,11,14-15,17-18,20-22,31H,4-7,10,12-13H2,1-3H3/t14-,17+,18+,20+,21+,22-,25+,26+,27+/m1/s1. The van der Waals surface area contributed by atoms with Crippen molar-refractivity contribution in [1.82, 2.24) is 0 Å². The lowest BCUT2D eigenvalue weighted by Gasteiger charge is -2.62. The topological polar surface area (TPSA) is 72.8 Å². The Morgan fingerprint density at radius 1 is 1.17 bits per heavy atom. The summed E-state index contributed by atoms with van der Waals surface area (Å²) in [5.41, 5.74) is -4.05. The quantitative estimate of drug-likeness (QED) is 0.316. The average Bonchev–Trinajstić information content (AvgIpc) is 3.42. The van der Waals surface area contributed by atoms with Crippen molar-refractivity contribution < 1.29 is 33.3 Å². The number of aliphatic hydroxyl groups excluding tert-OH is 1. The van der Waals surface area contributed by atoms with Crippen LogP contribution in [-0.2, 0) is 19.4 Å². The Morgan fingerprint density at radius 2 is 1.86 bits per heavy atom. The van der Waals surface area contributed by atoms with Crippen LogP contribution in [0.25, 0.3) is 0 Å². The van der Waals surface area contributed by atoms with E-state index in [0.717, 1.165) is 25.7 Å². The van der Waals surface area contributed by atoms with Crippen LogP contribution in [0.15, 0.2) is 23.8 Å². The Morgan fingerprint density at radius 3 is 2.54 bits per heavy atom. The van der Waals surface area contributed by atoms with E-state index >= 15 is 8.78 Å². The van der Waals surface area contributed by atoms with E-state index in [2.05, 4.69) is 0 Å². The Labute approximate surface area is 210 Å². The lowest BCUT2D eigenvalue weighted by atomic mass is 9.45. The van der Waals surface area contributed by atoms with Gasteiger partial charge in [0.15, 0.2) is 11.5 Å². The van der Waals surface area contributed by atoms with Crippen LogP contribution >= 0.6 is 12.2 Å². The fourth-order valence-electron chi connectivity index (χ4n) is 8.44. The van der Waals surface area contributed by atoms with Crippen molar-refractivity contribution in [2.45, 2.75) is 83.7 Å². The van der Waals surface area contributed by atoms with E-state index in [-0.39, 0.29) is 52.9 Å². The fraction of sp³-hybridized carbons (Fsp3) is 0.741. The lowest BCUT2D eigenvalue weighted by Crippen LogP contribution is -2.68. The molecule has 8 heteroatoms. The summed E-state index contributed by atoms with van der Waals surface area (Å²) in [6, 6.07) is 0. The zero-order chi connectivity index (χ0) is 25.3. The molecule has 0 aromatic rings. The van der Waals surface area contributed by atoms with Gasteiger partial charge >= 0.3 is 5.97 Å². The maximum Gasteiger partial charge on any atom is 0.358 e. The molecule has 9 atom stereocenters. The van der Waals surface area contributed by atoms with Crippen molar-refractivity contribution in [3.05, 3.63) is 23.8 Å². The molecule has 0 aromatic heterocycles. The Kier molecular flexibility index (Phi) is 6.03. The summed E-state index contributed by atoms with van der Waals surface area (Å²) >= 11 is 5.58. The molecule has 0 heterocycles. The summed E-state index contributed by atoms with van der Waals surface area (Å²) in [5.74, 6) is -2.35. The predicted octanol–water partition coefficient (Wildman–Crippen LogP) is 5.16. The Bertz CT molecular complexity index is 1010. The largest absolute Gasteiger partial charge is 0.390 e. The smallest absolute Gasteiger partial charge is 0.358 e. The van der Waals surface area contributed by atoms with E-state index < -0.39 is 40.7 Å². The molecular weight excluding hydrogens is 474 g/mol. The molecule has 192 valence electrons. The third-order valence-corrected chi connectivity index (χ3v) is 10.4. The average molecular weight is 509 g/mol. The van der Waals surface area contributed by atoms with Crippen LogP contribution in [0.5, 0.6) is 0 Å². The van der Waals surface area contributed by atoms with Crippen LogP contribution < -0.4 is 0 Å². The second kappa shape index (κ2) is 8.44. The van der Waals surface area contributed by atoms with E-state index in [1.807, 2.05) is 13.8 Å². The summed E-state index contributed by atoms with van der Waals surface area (Å²) < 4.78 is 32.7. The van der Waals surface area contributed by atoms with Gasteiger partial charge in [0.05, 0.1) is 12.0 Å². The molecule has 1 N–H and O–H groups in total. The molecule has 0 unspecified atom stereocenters. The van der Waals surface area contributed by atoms with Crippen LogP contribution in [0.2, 0.25) is 0 Å². The molecule has 4 saturated carbocycles. The number of rotatable bonds is 2. The highest BCUT2D eigenvalue weighted by atomic mass is 32.1. The van der Waals surface area contributed by atoms with Crippen LogP contribution in [0.1, 0.15) is 65.7 Å². The number of carbonyl (C=O) groups is 2. The van der Waals surface area contributed by atoms with Gasteiger partial charge in [-0.25, -0.2) is 18.5 Å². The number of allylic oxidation sites excluding steroid dienone is 4. The van der Waals surface area contributed by atoms with Gasteiger partial charge in [0.1, 0.15) is 6.17 Å². The van der Waals surface area contributed by atoms with Gasteiger partial charge in [0.25, 0.3) is 0 Å². The first-order chi connectivity index (χ1) is 16.4. The minimum Gasteiger partial charge on any atom is -0.390 e. The van der Waals surface area contributed by atoms with E-state index in [9.17, 15) is 14.7 Å². The third-order valence-electron chi connectivity index (χ3n) is 10.1. The number of hydrogen-bond donors (Lipinski definition) is 1. The summed E-state index contributed by atoms with van der Waals surface area (Å²) in [6.45, 7) is 5.56. The number of ketones is 1. The monoisotopic (exact) mass is 508 g/mol. The number of halogens is 2. The molecule has 5 aliphatic carbocycles. The second-order valence-electron chi connectivity index (χ2n) is 11.9. The summed E-state index contributed by atoms with van der Waals surface area (Å²) in [5, 5.41) is 11.5. The van der Waals surface area contributed by atoms with Gasteiger partial charge in [-0.3, -0.25) is 9.68 Å². The SMILES string of the molecule is C[C@@H]1C[C@H]2[C@@H]3C[C@H](F)C4=CC(=O)C=C[C@]4(C)[C@@]3(F)[C@@H](O)C[C@]2(C)[C@H]1C(=S)OOC(=O)C1CCCC1.